The minimum absolute atomic E-state index is 0.00608. The second kappa shape index (κ2) is 10.6. The second-order valence-electron chi connectivity index (χ2n) is 12.4. The van der Waals surface area contributed by atoms with Gasteiger partial charge >= 0.3 is 0 Å². The molecule has 0 fully saturated rings. The van der Waals surface area contributed by atoms with E-state index in [0.717, 1.165) is 77.4 Å². The minimum atomic E-state index is -0.00608. The van der Waals surface area contributed by atoms with Gasteiger partial charge in [0.05, 0.1) is 22.6 Å². The molecule has 0 saturated carbocycles. The van der Waals surface area contributed by atoms with Gasteiger partial charge in [-0.05, 0) is 65.2 Å². The molecule has 3 heterocycles. The molecule has 10 rings (SSSR count). The number of para-hydroxylation sites is 5. The van der Waals surface area contributed by atoms with E-state index in [1.807, 2.05) is 12.1 Å². The van der Waals surface area contributed by atoms with Gasteiger partial charge in [-0.1, -0.05) is 115 Å². The lowest BCUT2D eigenvalue weighted by atomic mass is 9.95. The van der Waals surface area contributed by atoms with Crippen molar-refractivity contribution in [2.75, 3.05) is 10.2 Å². The van der Waals surface area contributed by atoms with Gasteiger partial charge in [0, 0.05) is 38.2 Å². The molecule has 0 radical (unpaired) electrons. The smallest absolute Gasteiger partial charge is 0.144 e. The van der Waals surface area contributed by atoms with E-state index in [2.05, 4.69) is 162 Å². The summed E-state index contributed by atoms with van der Waals surface area (Å²) in [6, 6.07) is 57.8. The van der Waals surface area contributed by atoms with Crippen LogP contribution in [0, 0.1) is 0 Å². The number of nitrogens with zero attached hydrogens (tertiary/aromatic N) is 2. The third kappa shape index (κ3) is 4.13. The van der Waals surface area contributed by atoms with E-state index in [4.69, 9.17) is 9.40 Å². The monoisotopic (exact) mass is 615 g/mol. The number of rotatable bonds is 4. The standard InChI is InChI=1S/C44H29N3O/c1-2-13-32(14-3-1)47-39-19-8-7-18-38(39)46-44(47)29-23-21-28(22-24-29)30-11-10-12-31(27-30)42-36-26-25-34-33-15-5-9-20-40(33)48-43(34)41(36)35-16-4-6-17-37(35)45-42/h1-27,44,46H. The van der Waals surface area contributed by atoms with Crippen molar-refractivity contribution in [2.45, 2.75) is 6.17 Å². The van der Waals surface area contributed by atoms with Crippen LogP contribution in [0.25, 0.3) is 66.0 Å². The van der Waals surface area contributed by atoms with E-state index < -0.39 is 0 Å². The molecule has 0 aliphatic carbocycles. The van der Waals surface area contributed by atoms with Crippen LogP contribution in [-0.4, -0.2) is 4.98 Å². The number of nitrogens with one attached hydrogen (secondary N) is 1. The van der Waals surface area contributed by atoms with E-state index in [9.17, 15) is 0 Å². The maximum absolute atomic E-state index is 6.53. The average molecular weight is 616 g/mol. The van der Waals surface area contributed by atoms with Crippen molar-refractivity contribution in [3.8, 4) is 22.4 Å². The molecule has 9 aromatic rings. The van der Waals surface area contributed by atoms with Gasteiger partial charge in [0.2, 0.25) is 0 Å². The molecule has 0 saturated heterocycles. The van der Waals surface area contributed by atoms with Gasteiger partial charge in [-0.2, -0.15) is 0 Å². The third-order valence-electron chi connectivity index (χ3n) is 9.65. The summed E-state index contributed by atoms with van der Waals surface area (Å²) in [7, 11) is 0. The van der Waals surface area contributed by atoms with Crippen LogP contribution in [0.4, 0.5) is 17.1 Å². The van der Waals surface area contributed by atoms with Crippen LogP contribution in [0.2, 0.25) is 0 Å². The fraction of sp³-hybridized carbons (Fsp3) is 0.0227. The number of aromatic nitrogens is 1. The molecule has 0 amide bonds. The van der Waals surface area contributed by atoms with Crippen molar-refractivity contribution >= 4 is 60.7 Å². The summed E-state index contributed by atoms with van der Waals surface area (Å²) < 4.78 is 6.53. The number of hydrogen-bond acceptors (Lipinski definition) is 4. The summed E-state index contributed by atoms with van der Waals surface area (Å²) in [5.41, 5.74) is 11.8. The normalized spacial score (nSPS) is 14.2. The quantitative estimate of drug-likeness (QED) is 0.200. The SMILES string of the molecule is c1ccc(N2c3ccccc3NC2c2ccc(-c3cccc(-c4nc5ccccc5c5c4ccc4c6ccccc6oc45)c3)cc2)cc1. The van der Waals surface area contributed by atoms with Crippen LogP contribution in [0.1, 0.15) is 11.7 Å². The Bertz CT molecular complexity index is 2660. The maximum atomic E-state index is 6.53. The van der Waals surface area contributed by atoms with Crippen LogP contribution < -0.4 is 10.2 Å². The Morgan fingerprint density at radius 1 is 0.542 bits per heavy atom. The van der Waals surface area contributed by atoms with Gasteiger partial charge in [0.1, 0.15) is 17.3 Å². The molecule has 1 atom stereocenters. The van der Waals surface area contributed by atoms with E-state index in [1.165, 1.54) is 11.3 Å². The summed E-state index contributed by atoms with van der Waals surface area (Å²) in [6.45, 7) is 0. The second-order valence-corrected chi connectivity index (χ2v) is 12.4. The highest BCUT2D eigenvalue weighted by molar-refractivity contribution is 6.24. The highest BCUT2D eigenvalue weighted by Crippen LogP contribution is 2.46. The zero-order valence-corrected chi connectivity index (χ0v) is 26.0. The fourth-order valence-corrected chi connectivity index (χ4v) is 7.41. The molecule has 1 unspecified atom stereocenters. The third-order valence-corrected chi connectivity index (χ3v) is 9.65. The Balaban J connectivity index is 1.07. The molecule has 4 heteroatoms. The van der Waals surface area contributed by atoms with Crippen LogP contribution in [0.15, 0.2) is 168 Å². The molecule has 1 aliphatic rings. The minimum Gasteiger partial charge on any atom is -0.455 e. The van der Waals surface area contributed by atoms with Gasteiger partial charge in [-0.3, -0.25) is 0 Å². The molecule has 2 aromatic heterocycles. The van der Waals surface area contributed by atoms with Crippen LogP contribution >= 0.6 is 0 Å². The molecule has 7 aromatic carbocycles. The van der Waals surface area contributed by atoms with Crippen molar-refractivity contribution in [3.05, 3.63) is 169 Å². The van der Waals surface area contributed by atoms with Crippen LogP contribution in [0.5, 0.6) is 0 Å². The number of fused-ring (bicyclic) bond motifs is 8. The summed E-state index contributed by atoms with van der Waals surface area (Å²) in [4.78, 5) is 7.61. The molecule has 1 aliphatic heterocycles. The molecule has 0 bridgehead atoms. The summed E-state index contributed by atoms with van der Waals surface area (Å²) in [6.07, 6.45) is -0.00608. The highest BCUT2D eigenvalue weighted by atomic mass is 16.3. The van der Waals surface area contributed by atoms with Gasteiger partial charge in [0.25, 0.3) is 0 Å². The van der Waals surface area contributed by atoms with Gasteiger partial charge < -0.3 is 14.6 Å². The van der Waals surface area contributed by atoms with Crippen molar-refractivity contribution < 1.29 is 4.42 Å². The zero-order valence-electron chi connectivity index (χ0n) is 26.0. The lowest BCUT2D eigenvalue weighted by Gasteiger charge is -2.27. The Hall–Kier alpha value is -6.39. The first-order valence-electron chi connectivity index (χ1n) is 16.3. The van der Waals surface area contributed by atoms with E-state index in [0.29, 0.717) is 0 Å². The van der Waals surface area contributed by atoms with Crippen molar-refractivity contribution in [1.82, 2.24) is 4.98 Å². The summed E-state index contributed by atoms with van der Waals surface area (Å²) in [5.74, 6) is 0. The lowest BCUT2D eigenvalue weighted by molar-refractivity contribution is 0.673. The number of pyridine rings is 1. The van der Waals surface area contributed by atoms with Crippen LogP contribution in [0.3, 0.4) is 0 Å². The first-order valence-corrected chi connectivity index (χ1v) is 16.3. The van der Waals surface area contributed by atoms with E-state index in [-0.39, 0.29) is 6.17 Å². The first-order chi connectivity index (χ1) is 23.8. The van der Waals surface area contributed by atoms with Crippen molar-refractivity contribution in [1.29, 1.82) is 0 Å². The Morgan fingerprint density at radius 2 is 1.27 bits per heavy atom. The fourth-order valence-electron chi connectivity index (χ4n) is 7.41. The molecular weight excluding hydrogens is 587 g/mol. The maximum Gasteiger partial charge on any atom is 0.144 e. The average Bonchev–Trinajstić information content (AvgIpc) is 3.74. The Morgan fingerprint density at radius 3 is 2.17 bits per heavy atom. The predicted molar refractivity (Wildman–Crippen MR) is 199 cm³/mol. The van der Waals surface area contributed by atoms with Crippen molar-refractivity contribution in [3.63, 3.8) is 0 Å². The number of benzene rings is 7. The number of anilines is 3. The van der Waals surface area contributed by atoms with Gasteiger partial charge in [-0.25, -0.2) is 4.98 Å². The summed E-state index contributed by atoms with van der Waals surface area (Å²) >= 11 is 0. The van der Waals surface area contributed by atoms with E-state index in [1.54, 1.807) is 0 Å². The molecule has 4 nitrogen and oxygen atoms in total. The molecular formula is C44H29N3O. The molecule has 1 N–H and O–H groups in total. The molecule has 48 heavy (non-hydrogen) atoms. The van der Waals surface area contributed by atoms with Gasteiger partial charge in [-0.15, -0.1) is 0 Å². The number of furan rings is 1. The lowest BCUT2D eigenvalue weighted by Crippen LogP contribution is -2.23. The number of hydrogen-bond donors (Lipinski definition) is 1. The van der Waals surface area contributed by atoms with Crippen molar-refractivity contribution in [2.24, 2.45) is 0 Å². The summed E-state index contributed by atoms with van der Waals surface area (Å²) in [5, 5.41) is 9.29. The first kappa shape index (κ1) is 26.8. The van der Waals surface area contributed by atoms with E-state index >= 15 is 0 Å². The Kier molecular flexibility index (Phi) is 5.90. The van der Waals surface area contributed by atoms with Crippen LogP contribution in [-0.2, 0) is 0 Å². The molecule has 0 spiro atoms. The highest BCUT2D eigenvalue weighted by Gasteiger charge is 2.30. The largest absolute Gasteiger partial charge is 0.455 e. The topological polar surface area (TPSA) is 41.3 Å². The Labute approximate surface area is 277 Å². The van der Waals surface area contributed by atoms with Gasteiger partial charge in [0.15, 0.2) is 0 Å². The predicted octanol–water partition coefficient (Wildman–Crippen LogP) is 11.9. The zero-order chi connectivity index (χ0) is 31.6. The molecule has 226 valence electrons.